The SMILES string of the molecule is CC1=C(CCO)SCN1Cc1cnc(C)nc1N.Cl.O. The van der Waals surface area contributed by atoms with E-state index in [1.54, 1.807) is 18.0 Å². The molecule has 0 saturated heterocycles. The van der Waals surface area contributed by atoms with Gasteiger partial charge in [-0.15, -0.1) is 24.2 Å². The normalized spacial score (nSPS) is 14.1. The molecule has 1 aliphatic rings. The second kappa shape index (κ2) is 8.31. The fourth-order valence-electron chi connectivity index (χ4n) is 1.89. The molecule has 0 spiro atoms. The maximum atomic E-state index is 8.99. The lowest BCUT2D eigenvalue weighted by Crippen LogP contribution is -2.18. The quantitative estimate of drug-likeness (QED) is 0.859. The lowest BCUT2D eigenvalue weighted by Gasteiger charge is -2.19. The molecule has 0 bridgehead atoms. The standard InChI is InChI=1S/C12H18N4OS.ClH.H2O/c1-8-11(3-4-17)18-7-16(8)6-10-5-14-9(2)15-12(10)13;;/h5,17H,3-4,6-7H2,1-2H3,(H2,13,14,15);1H;1H2. The molecular formula is C12H21ClN4O2S. The fraction of sp³-hybridized carbons (Fsp3) is 0.500. The number of halogens is 1. The first-order valence-electron chi connectivity index (χ1n) is 5.88. The molecule has 0 saturated carbocycles. The van der Waals surface area contributed by atoms with Crippen molar-refractivity contribution in [2.75, 3.05) is 18.2 Å². The smallest absolute Gasteiger partial charge is 0.132 e. The van der Waals surface area contributed by atoms with Crippen LogP contribution in [-0.2, 0) is 6.54 Å². The van der Waals surface area contributed by atoms with Crippen LogP contribution in [0, 0.1) is 6.92 Å². The van der Waals surface area contributed by atoms with Crippen molar-refractivity contribution in [3.8, 4) is 0 Å². The Kier molecular flexibility index (Phi) is 7.88. The molecule has 8 heteroatoms. The zero-order valence-electron chi connectivity index (χ0n) is 11.6. The summed E-state index contributed by atoms with van der Waals surface area (Å²) in [4.78, 5) is 11.8. The highest BCUT2D eigenvalue weighted by Crippen LogP contribution is 2.34. The van der Waals surface area contributed by atoms with Gasteiger partial charge in [-0.2, -0.15) is 0 Å². The second-order valence-corrected chi connectivity index (χ2v) is 5.32. The van der Waals surface area contributed by atoms with Crippen molar-refractivity contribution in [1.82, 2.24) is 14.9 Å². The average Bonchev–Trinajstić information content (AvgIpc) is 2.66. The van der Waals surface area contributed by atoms with E-state index in [9.17, 15) is 0 Å². The number of aliphatic hydroxyl groups excluding tert-OH is 1. The van der Waals surface area contributed by atoms with Crippen LogP contribution in [0.25, 0.3) is 0 Å². The van der Waals surface area contributed by atoms with Gasteiger partial charge in [-0.05, 0) is 13.8 Å². The largest absolute Gasteiger partial charge is 0.412 e. The molecule has 0 fully saturated rings. The molecule has 2 rings (SSSR count). The summed E-state index contributed by atoms with van der Waals surface area (Å²) in [6, 6.07) is 0. The van der Waals surface area contributed by atoms with Gasteiger partial charge in [-0.1, -0.05) is 0 Å². The van der Waals surface area contributed by atoms with Crippen LogP contribution in [0.15, 0.2) is 16.8 Å². The molecule has 6 nitrogen and oxygen atoms in total. The van der Waals surface area contributed by atoms with Crippen molar-refractivity contribution >= 4 is 30.0 Å². The van der Waals surface area contributed by atoms with E-state index in [1.807, 2.05) is 6.92 Å². The number of aromatic nitrogens is 2. The Hall–Kier alpha value is -1.02. The minimum atomic E-state index is 0. The van der Waals surface area contributed by atoms with Crippen molar-refractivity contribution in [2.45, 2.75) is 26.8 Å². The maximum absolute atomic E-state index is 8.99. The Morgan fingerprint density at radius 3 is 2.75 bits per heavy atom. The number of hydrogen-bond donors (Lipinski definition) is 2. The number of hydrogen-bond acceptors (Lipinski definition) is 6. The highest BCUT2D eigenvalue weighted by atomic mass is 35.5. The number of thioether (sulfide) groups is 1. The van der Waals surface area contributed by atoms with Crippen molar-refractivity contribution < 1.29 is 10.6 Å². The molecule has 0 aliphatic carbocycles. The number of aliphatic hydroxyl groups is 1. The fourth-order valence-corrected chi connectivity index (χ4v) is 3.06. The zero-order valence-corrected chi connectivity index (χ0v) is 13.2. The van der Waals surface area contributed by atoms with E-state index < -0.39 is 0 Å². The molecule has 114 valence electrons. The highest BCUT2D eigenvalue weighted by Gasteiger charge is 2.20. The summed E-state index contributed by atoms with van der Waals surface area (Å²) in [6.07, 6.45) is 2.52. The maximum Gasteiger partial charge on any atom is 0.132 e. The molecule has 1 aliphatic heterocycles. The number of nitrogen functional groups attached to an aromatic ring is 1. The average molecular weight is 321 g/mol. The van der Waals surface area contributed by atoms with Gasteiger partial charge < -0.3 is 21.2 Å². The minimum absolute atomic E-state index is 0. The van der Waals surface area contributed by atoms with Crippen molar-refractivity contribution in [2.24, 2.45) is 0 Å². The highest BCUT2D eigenvalue weighted by molar-refractivity contribution is 8.03. The molecule has 0 aromatic carbocycles. The van der Waals surface area contributed by atoms with Crippen LogP contribution in [0.1, 0.15) is 24.7 Å². The number of nitrogens with two attached hydrogens (primary N) is 1. The summed E-state index contributed by atoms with van der Waals surface area (Å²) in [5.41, 5.74) is 8.06. The van der Waals surface area contributed by atoms with Crippen molar-refractivity contribution in [3.05, 3.63) is 28.2 Å². The van der Waals surface area contributed by atoms with Gasteiger partial charge in [0.2, 0.25) is 0 Å². The third-order valence-corrected chi connectivity index (χ3v) is 4.28. The predicted molar refractivity (Wildman–Crippen MR) is 84.4 cm³/mol. The third kappa shape index (κ3) is 4.24. The Morgan fingerprint density at radius 1 is 1.45 bits per heavy atom. The molecule has 5 N–H and O–H groups in total. The summed E-state index contributed by atoms with van der Waals surface area (Å²) in [5.74, 6) is 2.14. The van der Waals surface area contributed by atoms with Crippen LogP contribution < -0.4 is 5.73 Å². The summed E-state index contributed by atoms with van der Waals surface area (Å²) in [5, 5.41) is 8.99. The van der Waals surface area contributed by atoms with E-state index in [1.165, 1.54) is 10.6 Å². The van der Waals surface area contributed by atoms with Crippen molar-refractivity contribution in [1.29, 1.82) is 0 Å². The lowest BCUT2D eigenvalue weighted by atomic mass is 10.2. The van der Waals surface area contributed by atoms with E-state index >= 15 is 0 Å². The van der Waals surface area contributed by atoms with Gasteiger partial charge in [0.05, 0.1) is 5.88 Å². The first-order valence-corrected chi connectivity index (χ1v) is 6.86. The molecule has 1 aromatic rings. The number of anilines is 1. The van der Waals surface area contributed by atoms with Gasteiger partial charge in [0.25, 0.3) is 0 Å². The minimum Gasteiger partial charge on any atom is -0.412 e. The first kappa shape index (κ1) is 19.0. The van der Waals surface area contributed by atoms with Gasteiger partial charge in [0.15, 0.2) is 0 Å². The summed E-state index contributed by atoms with van der Waals surface area (Å²) < 4.78 is 0. The molecule has 2 heterocycles. The van der Waals surface area contributed by atoms with Crippen LogP contribution >= 0.6 is 24.2 Å². The molecule has 0 atom stereocenters. The monoisotopic (exact) mass is 320 g/mol. The third-order valence-electron chi connectivity index (χ3n) is 2.99. The van der Waals surface area contributed by atoms with Gasteiger partial charge in [0, 0.05) is 41.9 Å². The van der Waals surface area contributed by atoms with Gasteiger partial charge in [-0.3, -0.25) is 0 Å². The molecular weight excluding hydrogens is 300 g/mol. The van der Waals surface area contributed by atoms with E-state index in [0.29, 0.717) is 11.6 Å². The van der Waals surface area contributed by atoms with Gasteiger partial charge in [-0.25, -0.2) is 9.97 Å². The number of nitrogens with zero attached hydrogens (tertiary/aromatic N) is 3. The van der Waals surface area contributed by atoms with E-state index in [4.69, 9.17) is 10.8 Å². The summed E-state index contributed by atoms with van der Waals surface area (Å²) in [6.45, 7) is 4.83. The van der Waals surface area contributed by atoms with Crippen LogP contribution in [-0.4, -0.2) is 37.9 Å². The Bertz CT molecular complexity index is 485. The Balaban J connectivity index is 0.00000180. The van der Waals surface area contributed by atoms with Crippen LogP contribution in [0.5, 0.6) is 0 Å². The molecule has 0 radical (unpaired) electrons. The molecule has 0 unspecified atom stereocenters. The van der Waals surface area contributed by atoms with Crippen LogP contribution in [0.4, 0.5) is 5.82 Å². The van der Waals surface area contributed by atoms with Crippen LogP contribution in [0.3, 0.4) is 0 Å². The number of aryl methyl sites for hydroxylation is 1. The zero-order chi connectivity index (χ0) is 13.1. The molecule has 1 aromatic heterocycles. The van der Waals surface area contributed by atoms with E-state index in [0.717, 1.165) is 24.4 Å². The Labute approximate surface area is 129 Å². The van der Waals surface area contributed by atoms with E-state index in [-0.39, 0.29) is 24.5 Å². The van der Waals surface area contributed by atoms with Gasteiger partial charge in [0.1, 0.15) is 11.6 Å². The second-order valence-electron chi connectivity index (χ2n) is 4.28. The van der Waals surface area contributed by atoms with Crippen LogP contribution in [0.2, 0.25) is 0 Å². The predicted octanol–water partition coefficient (Wildman–Crippen LogP) is 1.08. The first-order chi connectivity index (χ1) is 8.61. The number of rotatable bonds is 4. The molecule has 0 amide bonds. The summed E-state index contributed by atoms with van der Waals surface area (Å²) >= 11 is 1.78. The number of allylic oxidation sites excluding steroid dienone is 1. The Morgan fingerprint density at radius 2 is 2.15 bits per heavy atom. The molecule has 20 heavy (non-hydrogen) atoms. The van der Waals surface area contributed by atoms with E-state index in [2.05, 4.69) is 21.8 Å². The van der Waals surface area contributed by atoms with Gasteiger partial charge >= 0.3 is 0 Å². The van der Waals surface area contributed by atoms with Crippen molar-refractivity contribution in [3.63, 3.8) is 0 Å². The topological polar surface area (TPSA) is 107 Å². The lowest BCUT2D eigenvalue weighted by molar-refractivity contribution is 0.300. The summed E-state index contributed by atoms with van der Waals surface area (Å²) in [7, 11) is 0.